The zero-order chi connectivity index (χ0) is 15.8. The number of anilines is 2. The molecule has 2 N–H and O–H groups in total. The van der Waals surface area contributed by atoms with Crippen LogP contribution in [-0.2, 0) is 11.2 Å². The fourth-order valence-electron chi connectivity index (χ4n) is 1.96. The third-order valence-electron chi connectivity index (χ3n) is 3.06. The maximum atomic E-state index is 11.3. The zero-order valence-electron chi connectivity index (χ0n) is 12.4. The van der Waals surface area contributed by atoms with E-state index in [1.54, 1.807) is 6.92 Å². The molecule has 0 aliphatic heterocycles. The van der Waals surface area contributed by atoms with Crippen LogP contribution in [0.25, 0.3) is 0 Å². The molecule has 0 radical (unpaired) electrons. The van der Waals surface area contributed by atoms with Crippen LogP contribution in [-0.4, -0.2) is 19.2 Å². The van der Waals surface area contributed by atoms with Crippen molar-refractivity contribution in [2.24, 2.45) is 0 Å². The molecule has 0 heterocycles. The number of benzene rings is 2. The van der Waals surface area contributed by atoms with Gasteiger partial charge < -0.3 is 10.1 Å². The quantitative estimate of drug-likeness (QED) is 0.820. The molecule has 0 spiro atoms. The largest absolute Gasteiger partial charge is 0.450 e. The average Bonchev–Trinajstić information content (AvgIpc) is 2.51. The summed E-state index contributed by atoms with van der Waals surface area (Å²) in [5.74, 6) is 0. The Morgan fingerprint density at radius 2 is 1.68 bits per heavy atom. The van der Waals surface area contributed by atoms with E-state index in [0.29, 0.717) is 6.61 Å². The molecule has 5 heteroatoms. The van der Waals surface area contributed by atoms with Gasteiger partial charge in [-0.2, -0.15) is 0 Å². The Hall–Kier alpha value is -2.20. The molecule has 2 rings (SSSR count). The first-order chi connectivity index (χ1) is 10.7. The third kappa shape index (κ3) is 5.30. The molecule has 0 aliphatic rings. The summed E-state index contributed by atoms with van der Waals surface area (Å²) in [6.07, 6.45) is 0.460. The second-order valence-electron chi connectivity index (χ2n) is 4.73. The van der Waals surface area contributed by atoms with Crippen molar-refractivity contribution in [3.63, 3.8) is 0 Å². The van der Waals surface area contributed by atoms with Crippen molar-refractivity contribution in [1.29, 1.82) is 0 Å². The van der Waals surface area contributed by atoms with E-state index >= 15 is 0 Å². The molecule has 0 atom stereocenters. The smallest absolute Gasteiger partial charge is 0.411 e. The number of hydrogen-bond donors (Lipinski definition) is 2. The summed E-state index contributed by atoms with van der Waals surface area (Å²) < 4.78 is 4.83. The zero-order valence-corrected chi connectivity index (χ0v) is 13.2. The lowest BCUT2D eigenvalue weighted by Crippen LogP contribution is -2.13. The van der Waals surface area contributed by atoms with E-state index < -0.39 is 6.09 Å². The van der Waals surface area contributed by atoms with Gasteiger partial charge in [0.05, 0.1) is 6.61 Å². The van der Waals surface area contributed by atoms with Gasteiger partial charge in [0.25, 0.3) is 0 Å². The normalized spacial score (nSPS) is 10.1. The van der Waals surface area contributed by atoms with Gasteiger partial charge in [0.1, 0.15) is 0 Å². The van der Waals surface area contributed by atoms with E-state index in [1.807, 2.05) is 48.5 Å². The topological polar surface area (TPSA) is 50.4 Å². The van der Waals surface area contributed by atoms with Crippen LogP contribution in [0.1, 0.15) is 12.5 Å². The van der Waals surface area contributed by atoms with E-state index in [0.717, 1.165) is 29.4 Å². The minimum absolute atomic E-state index is 0.361. The first kappa shape index (κ1) is 16.2. The van der Waals surface area contributed by atoms with Crippen LogP contribution in [0.5, 0.6) is 0 Å². The SMILES string of the molecule is CCOC(=O)Nc1ccc(CCNc2ccc(Cl)cc2)cc1. The van der Waals surface area contributed by atoms with E-state index in [-0.39, 0.29) is 0 Å². The van der Waals surface area contributed by atoms with Crippen molar-refractivity contribution < 1.29 is 9.53 Å². The fraction of sp³-hybridized carbons (Fsp3) is 0.235. The molecule has 0 bridgehead atoms. The van der Waals surface area contributed by atoms with Gasteiger partial charge in [0.2, 0.25) is 0 Å². The number of hydrogen-bond acceptors (Lipinski definition) is 3. The van der Waals surface area contributed by atoms with Gasteiger partial charge in [-0.05, 0) is 55.3 Å². The molecule has 0 aromatic heterocycles. The van der Waals surface area contributed by atoms with Crippen LogP contribution in [0.3, 0.4) is 0 Å². The average molecular weight is 319 g/mol. The Bertz CT molecular complexity index is 597. The van der Waals surface area contributed by atoms with E-state index in [2.05, 4.69) is 10.6 Å². The van der Waals surface area contributed by atoms with Crippen molar-refractivity contribution in [3.05, 3.63) is 59.1 Å². The Labute approximate surface area is 135 Å². The number of rotatable bonds is 6. The summed E-state index contributed by atoms with van der Waals surface area (Å²) >= 11 is 5.85. The molecule has 2 aromatic carbocycles. The predicted molar refractivity (Wildman–Crippen MR) is 90.7 cm³/mol. The Kier molecular flexibility index (Phi) is 6.10. The van der Waals surface area contributed by atoms with Crippen molar-refractivity contribution in [1.82, 2.24) is 0 Å². The lowest BCUT2D eigenvalue weighted by atomic mass is 10.1. The van der Waals surface area contributed by atoms with Crippen molar-refractivity contribution in [2.45, 2.75) is 13.3 Å². The Morgan fingerprint density at radius 1 is 1.05 bits per heavy atom. The highest BCUT2D eigenvalue weighted by molar-refractivity contribution is 6.30. The van der Waals surface area contributed by atoms with Crippen LogP contribution in [0, 0.1) is 0 Å². The number of carbonyl (C=O) groups excluding carboxylic acids is 1. The lowest BCUT2D eigenvalue weighted by molar-refractivity contribution is 0.168. The van der Waals surface area contributed by atoms with Crippen LogP contribution < -0.4 is 10.6 Å². The fourth-order valence-corrected chi connectivity index (χ4v) is 2.08. The minimum atomic E-state index is -0.431. The molecule has 0 unspecified atom stereocenters. The molecule has 1 amide bonds. The van der Waals surface area contributed by atoms with E-state index in [9.17, 15) is 4.79 Å². The Morgan fingerprint density at radius 3 is 2.32 bits per heavy atom. The van der Waals surface area contributed by atoms with E-state index in [4.69, 9.17) is 16.3 Å². The van der Waals surface area contributed by atoms with Crippen molar-refractivity contribution in [2.75, 3.05) is 23.8 Å². The van der Waals surface area contributed by atoms with Gasteiger partial charge in [-0.15, -0.1) is 0 Å². The van der Waals surface area contributed by atoms with Crippen LogP contribution >= 0.6 is 11.6 Å². The molecule has 116 valence electrons. The monoisotopic (exact) mass is 318 g/mol. The summed E-state index contributed by atoms with van der Waals surface area (Å²) in [6, 6.07) is 15.3. The summed E-state index contributed by atoms with van der Waals surface area (Å²) in [6.45, 7) is 2.96. The maximum Gasteiger partial charge on any atom is 0.411 e. The molecule has 4 nitrogen and oxygen atoms in total. The van der Waals surface area contributed by atoms with Gasteiger partial charge in [-0.3, -0.25) is 5.32 Å². The molecule has 0 saturated carbocycles. The second kappa shape index (κ2) is 8.29. The molecule has 2 aromatic rings. The number of ether oxygens (including phenoxy) is 1. The summed E-state index contributed by atoms with van der Waals surface area (Å²) in [7, 11) is 0. The summed E-state index contributed by atoms with van der Waals surface area (Å²) in [5.41, 5.74) is 2.97. The number of halogens is 1. The van der Waals surface area contributed by atoms with Crippen LogP contribution in [0.15, 0.2) is 48.5 Å². The molecule has 0 aliphatic carbocycles. The number of amides is 1. The summed E-state index contributed by atoms with van der Waals surface area (Å²) in [5, 5.41) is 6.74. The molecule has 0 fully saturated rings. The molecule has 0 saturated heterocycles. The molecule has 22 heavy (non-hydrogen) atoms. The van der Waals surface area contributed by atoms with Gasteiger partial charge in [-0.1, -0.05) is 23.7 Å². The minimum Gasteiger partial charge on any atom is -0.450 e. The maximum absolute atomic E-state index is 11.3. The first-order valence-electron chi connectivity index (χ1n) is 7.19. The molecular weight excluding hydrogens is 300 g/mol. The van der Waals surface area contributed by atoms with Gasteiger partial charge >= 0.3 is 6.09 Å². The summed E-state index contributed by atoms with van der Waals surface area (Å²) in [4.78, 5) is 11.3. The van der Waals surface area contributed by atoms with Crippen molar-refractivity contribution in [3.8, 4) is 0 Å². The highest BCUT2D eigenvalue weighted by Gasteiger charge is 2.01. The van der Waals surface area contributed by atoms with E-state index in [1.165, 1.54) is 5.56 Å². The van der Waals surface area contributed by atoms with Crippen LogP contribution in [0.2, 0.25) is 5.02 Å². The molecular formula is C17H19ClN2O2. The number of nitrogens with one attached hydrogen (secondary N) is 2. The number of carbonyl (C=O) groups is 1. The van der Waals surface area contributed by atoms with Gasteiger partial charge in [0.15, 0.2) is 0 Å². The Balaban J connectivity index is 1.78. The predicted octanol–water partition coefficient (Wildman–Crippen LogP) is 4.56. The van der Waals surface area contributed by atoms with Crippen LogP contribution in [0.4, 0.5) is 16.2 Å². The second-order valence-corrected chi connectivity index (χ2v) is 5.16. The highest BCUT2D eigenvalue weighted by atomic mass is 35.5. The third-order valence-corrected chi connectivity index (χ3v) is 3.31. The van der Waals surface area contributed by atoms with Gasteiger partial charge in [-0.25, -0.2) is 4.79 Å². The standard InChI is InChI=1S/C17H19ClN2O2/c1-2-22-17(21)20-16-7-3-13(4-8-16)11-12-19-15-9-5-14(18)6-10-15/h3-10,19H,2,11-12H2,1H3,(H,20,21). The lowest BCUT2D eigenvalue weighted by Gasteiger charge is -2.08. The van der Waals surface area contributed by atoms with Gasteiger partial charge in [0, 0.05) is 22.9 Å². The highest BCUT2D eigenvalue weighted by Crippen LogP contribution is 2.14. The van der Waals surface area contributed by atoms with Crippen molar-refractivity contribution >= 4 is 29.1 Å². The first-order valence-corrected chi connectivity index (χ1v) is 7.57.